The molecule has 0 saturated carbocycles. The minimum Gasteiger partial charge on any atom is -0.363 e. The lowest BCUT2D eigenvalue weighted by Crippen LogP contribution is -2.14. The van der Waals surface area contributed by atoms with E-state index < -0.39 is 10.0 Å². The quantitative estimate of drug-likeness (QED) is 0.895. The zero-order valence-electron chi connectivity index (χ0n) is 8.52. The summed E-state index contributed by atoms with van der Waals surface area (Å²) in [6, 6.07) is 4.23. The van der Waals surface area contributed by atoms with Gasteiger partial charge in [0.1, 0.15) is 11.2 Å². The standard InChI is InChI=1S/C9H5BrCl2N2O3S/c10-5-3-6(11)9(7(12)4-5)18(15,16)14-8-1-2-17-13-8/h1-4H,(H,13,14). The van der Waals surface area contributed by atoms with Gasteiger partial charge in [-0.15, -0.1) is 0 Å². The van der Waals surface area contributed by atoms with E-state index in [1.165, 1.54) is 24.5 Å². The Hall–Kier alpha value is -0.760. The molecule has 9 heteroatoms. The van der Waals surface area contributed by atoms with Crippen LogP contribution >= 0.6 is 39.1 Å². The number of anilines is 1. The second kappa shape index (κ2) is 5.08. The summed E-state index contributed by atoms with van der Waals surface area (Å²) in [5.74, 6) is 0.0463. The van der Waals surface area contributed by atoms with Crippen LogP contribution in [0.15, 0.2) is 38.4 Å². The number of benzene rings is 1. The molecular weight excluding hydrogens is 367 g/mol. The second-order valence-electron chi connectivity index (χ2n) is 3.19. The van der Waals surface area contributed by atoms with Gasteiger partial charge >= 0.3 is 0 Å². The SMILES string of the molecule is O=S(=O)(Nc1ccon1)c1c(Cl)cc(Br)cc1Cl. The molecule has 2 rings (SSSR count). The fourth-order valence-electron chi connectivity index (χ4n) is 1.24. The topological polar surface area (TPSA) is 72.2 Å². The number of nitrogens with zero attached hydrogens (tertiary/aromatic N) is 1. The molecule has 96 valence electrons. The summed E-state index contributed by atoms with van der Waals surface area (Å²) in [4.78, 5) is -0.211. The van der Waals surface area contributed by atoms with Gasteiger partial charge in [0.05, 0.1) is 10.0 Å². The van der Waals surface area contributed by atoms with E-state index in [0.717, 1.165) is 0 Å². The molecule has 0 radical (unpaired) electrons. The van der Waals surface area contributed by atoms with Gasteiger partial charge in [0.15, 0.2) is 5.82 Å². The maximum atomic E-state index is 12.1. The molecule has 0 aliphatic carbocycles. The minimum absolute atomic E-state index is 0.00497. The molecule has 1 aromatic carbocycles. The number of sulfonamides is 1. The Bertz CT molecular complexity index is 650. The second-order valence-corrected chi connectivity index (χ2v) is 6.54. The molecule has 0 saturated heterocycles. The third-order valence-electron chi connectivity index (χ3n) is 1.91. The number of hydrogen-bond donors (Lipinski definition) is 1. The van der Waals surface area contributed by atoms with Gasteiger partial charge in [-0.25, -0.2) is 8.42 Å². The van der Waals surface area contributed by atoms with Crippen LogP contribution < -0.4 is 4.72 Å². The van der Waals surface area contributed by atoms with Crippen LogP contribution in [0.5, 0.6) is 0 Å². The lowest BCUT2D eigenvalue weighted by atomic mass is 10.4. The molecule has 0 aliphatic rings. The van der Waals surface area contributed by atoms with Gasteiger partial charge in [-0.3, -0.25) is 4.72 Å². The fraction of sp³-hybridized carbons (Fsp3) is 0. The highest BCUT2D eigenvalue weighted by Gasteiger charge is 2.23. The van der Waals surface area contributed by atoms with Crippen molar-refractivity contribution in [1.82, 2.24) is 5.16 Å². The monoisotopic (exact) mass is 370 g/mol. The van der Waals surface area contributed by atoms with E-state index in [2.05, 4.69) is 30.3 Å². The summed E-state index contributed by atoms with van der Waals surface area (Å²) >= 11 is 14.9. The van der Waals surface area contributed by atoms with Gasteiger partial charge in [0, 0.05) is 10.5 Å². The Labute approximate surface area is 121 Å². The number of nitrogens with one attached hydrogen (secondary N) is 1. The summed E-state index contributed by atoms with van der Waals surface area (Å²) in [5.41, 5.74) is 0. The number of hydrogen-bond acceptors (Lipinski definition) is 4. The third kappa shape index (κ3) is 2.80. The Kier molecular flexibility index (Phi) is 3.86. The lowest BCUT2D eigenvalue weighted by molar-refractivity contribution is 0.423. The highest BCUT2D eigenvalue weighted by molar-refractivity contribution is 9.10. The van der Waals surface area contributed by atoms with Crippen molar-refractivity contribution in [2.24, 2.45) is 0 Å². The predicted molar refractivity (Wildman–Crippen MR) is 71.5 cm³/mol. The van der Waals surface area contributed by atoms with E-state index in [0.29, 0.717) is 4.47 Å². The van der Waals surface area contributed by atoms with Crippen molar-refractivity contribution in [2.75, 3.05) is 4.72 Å². The number of rotatable bonds is 3. The smallest absolute Gasteiger partial charge is 0.266 e. The maximum absolute atomic E-state index is 12.1. The van der Waals surface area contributed by atoms with Crippen LogP contribution in [0.3, 0.4) is 0 Å². The molecule has 0 amide bonds. The zero-order valence-corrected chi connectivity index (χ0v) is 12.4. The Morgan fingerprint density at radius 1 is 1.28 bits per heavy atom. The number of halogens is 3. The lowest BCUT2D eigenvalue weighted by Gasteiger charge is -2.09. The molecule has 0 bridgehead atoms. The van der Waals surface area contributed by atoms with Crippen molar-refractivity contribution < 1.29 is 12.9 Å². The van der Waals surface area contributed by atoms with Crippen LogP contribution in [0, 0.1) is 0 Å². The van der Waals surface area contributed by atoms with Gasteiger partial charge in [0.2, 0.25) is 0 Å². The van der Waals surface area contributed by atoms with Crippen LogP contribution in [-0.2, 0) is 10.0 Å². The third-order valence-corrected chi connectivity index (χ3v) is 4.64. The number of aromatic nitrogens is 1. The van der Waals surface area contributed by atoms with Crippen molar-refractivity contribution in [3.63, 3.8) is 0 Å². The van der Waals surface area contributed by atoms with Crippen molar-refractivity contribution in [1.29, 1.82) is 0 Å². The highest BCUT2D eigenvalue weighted by atomic mass is 79.9. The van der Waals surface area contributed by atoms with Crippen LogP contribution in [0.4, 0.5) is 5.82 Å². The Morgan fingerprint density at radius 3 is 2.39 bits per heavy atom. The molecule has 0 atom stereocenters. The van der Waals surface area contributed by atoms with E-state index in [-0.39, 0.29) is 20.8 Å². The van der Waals surface area contributed by atoms with Gasteiger partial charge < -0.3 is 4.52 Å². The molecule has 0 aliphatic heterocycles. The average molecular weight is 372 g/mol. The first kappa shape index (κ1) is 13.7. The van der Waals surface area contributed by atoms with Crippen molar-refractivity contribution in [2.45, 2.75) is 4.90 Å². The molecule has 2 aromatic rings. The van der Waals surface area contributed by atoms with E-state index >= 15 is 0 Å². The average Bonchev–Trinajstić information content (AvgIpc) is 2.66. The Morgan fingerprint density at radius 2 is 1.89 bits per heavy atom. The van der Waals surface area contributed by atoms with E-state index in [1.54, 1.807) is 0 Å². The van der Waals surface area contributed by atoms with Crippen molar-refractivity contribution in [3.05, 3.63) is 39.0 Å². The molecule has 0 spiro atoms. The van der Waals surface area contributed by atoms with Gasteiger partial charge in [0.25, 0.3) is 10.0 Å². The summed E-state index contributed by atoms with van der Waals surface area (Å²) in [6.45, 7) is 0. The van der Waals surface area contributed by atoms with Crippen molar-refractivity contribution in [3.8, 4) is 0 Å². The summed E-state index contributed by atoms with van der Waals surface area (Å²) < 4.78 is 31.5. The van der Waals surface area contributed by atoms with Crippen molar-refractivity contribution >= 4 is 55.0 Å². The molecule has 1 N–H and O–H groups in total. The van der Waals surface area contributed by atoms with Gasteiger partial charge in [-0.1, -0.05) is 44.3 Å². The first-order valence-corrected chi connectivity index (χ1v) is 7.51. The summed E-state index contributed by atoms with van der Waals surface area (Å²) in [5, 5.41) is 3.45. The van der Waals surface area contributed by atoms with Crippen LogP contribution in [0.2, 0.25) is 10.0 Å². The summed E-state index contributed by atoms with van der Waals surface area (Å²) in [7, 11) is -3.92. The van der Waals surface area contributed by atoms with Gasteiger partial charge in [-0.05, 0) is 12.1 Å². The van der Waals surface area contributed by atoms with Gasteiger partial charge in [-0.2, -0.15) is 0 Å². The molecule has 1 heterocycles. The molecule has 18 heavy (non-hydrogen) atoms. The van der Waals surface area contributed by atoms with E-state index in [4.69, 9.17) is 23.2 Å². The first-order valence-electron chi connectivity index (χ1n) is 4.48. The Balaban J connectivity index is 2.48. The minimum atomic E-state index is -3.92. The predicted octanol–water partition coefficient (Wildman–Crippen LogP) is 3.54. The van der Waals surface area contributed by atoms with Crippen LogP contribution in [0.1, 0.15) is 0 Å². The highest BCUT2D eigenvalue weighted by Crippen LogP contribution is 2.33. The molecule has 0 unspecified atom stereocenters. The van der Waals surface area contributed by atoms with Crippen LogP contribution in [0.25, 0.3) is 0 Å². The zero-order chi connectivity index (χ0) is 13.3. The fourth-order valence-corrected chi connectivity index (χ4v) is 4.17. The van der Waals surface area contributed by atoms with Crippen LogP contribution in [-0.4, -0.2) is 13.6 Å². The molecular formula is C9H5BrCl2N2O3S. The summed E-state index contributed by atoms with van der Waals surface area (Å²) in [6.07, 6.45) is 1.24. The molecule has 1 aromatic heterocycles. The van der Waals surface area contributed by atoms with E-state index in [1.807, 2.05) is 0 Å². The normalized spacial score (nSPS) is 11.5. The molecule has 0 fully saturated rings. The molecule has 5 nitrogen and oxygen atoms in total. The maximum Gasteiger partial charge on any atom is 0.266 e. The first-order chi connectivity index (χ1) is 8.40. The largest absolute Gasteiger partial charge is 0.363 e. The van der Waals surface area contributed by atoms with E-state index in [9.17, 15) is 8.42 Å².